The van der Waals surface area contributed by atoms with Crippen molar-refractivity contribution in [1.29, 1.82) is 0 Å². The second-order valence-corrected chi connectivity index (χ2v) is 8.97. The summed E-state index contributed by atoms with van der Waals surface area (Å²) in [6.07, 6.45) is -5.50. The van der Waals surface area contributed by atoms with Gasteiger partial charge in [-0.15, -0.1) is 0 Å². The minimum Gasteiger partial charge on any atom is -0.471 e. The minimum absolute atomic E-state index is 0.154. The van der Waals surface area contributed by atoms with Gasteiger partial charge in [-0.25, -0.2) is 4.79 Å². The Morgan fingerprint density at radius 1 is 0.949 bits per heavy atom. The second kappa shape index (κ2) is 13.0. The summed E-state index contributed by atoms with van der Waals surface area (Å²) in [7, 11) is 1.20. The SMILES string of the molecule is [2H]C(O)C1=CC[C@@H]2C(C(=O)OC)=CO[C@@H](O[C@@H]3O[C@H](COC(C)=O)[C@@H](OC(C)=O)[C@H](OC(C)=O)[C@H]3OC(C)=O)[C@H]12. The van der Waals surface area contributed by atoms with E-state index in [-0.39, 0.29) is 17.6 Å². The van der Waals surface area contributed by atoms with Crippen LogP contribution in [-0.4, -0.2) is 92.2 Å². The van der Waals surface area contributed by atoms with Gasteiger partial charge in [0.25, 0.3) is 0 Å². The number of methoxy groups -OCH3 is 1. The van der Waals surface area contributed by atoms with Crippen molar-refractivity contribution in [3.05, 3.63) is 23.5 Å². The maximum atomic E-state index is 12.3. The van der Waals surface area contributed by atoms with Crippen LogP contribution in [0.15, 0.2) is 23.5 Å². The average Bonchev–Trinajstić information content (AvgIpc) is 3.31. The third-order valence-electron chi connectivity index (χ3n) is 6.23. The van der Waals surface area contributed by atoms with Crippen molar-refractivity contribution in [1.82, 2.24) is 0 Å². The molecular formula is C25H32O14. The minimum atomic E-state index is -1.67. The number of aliphatic hydroxyl groups excluding tert-OH is 1. The van der Waals surface area contributed by atoms with Gasteiger partial charge in [0, 0.05) is 33.6 Å². The van der Waals surface area contributed by atoms with Crippen LogP contribution in [0.25, 0.3) is 0 Å². The number of ether oxygens (including phenoxy) is 8. The largest absolute Gasteiger partial charge is 0.471 e. The molecule has 3 aliphatic rings. The zero-order chi connectivity index (χ0) is 29.7. The van der Waals surface area contributed by atoms with Crippen molar-refractivity contribution in [2.45, 2.75) is 71.1 Å². The maximum absolute atomic E-state index is 12.3. The summed E-state index contributed by atoms with van der Waals surface area (Å²) in [6.45, 7) is 2.28. The number of hydrogen-bond acceptors (Lipinski definition) is 14. The molecule has 9 atom stereocenters. The van der Waals surface area contributed by atoms with Gasteiger partial charge in [-0.1, -0.05) is 6.08 Å². The Labute approximate surface area is 225 Å². The molecule has 1 fully saturated rings. The molecule has 14 nitrogen and oxygen atoms in total. The van der Waals surface area contributed by atoms with Gasteiger partial charge in [0.2, 0.25) is 12.6 Å². The lowest BCUT2D eigenvalue weighted by Gasteiger charge is -2.45. The van der Waals surface area contributed by atoms with E-state index in [0.29, 0.717) is 0 Å². The van der Waals surface area contributed by atoms with E-state index in [1.54, 1.807) is 6.08 Å². The molecule has 0 aromatic rings. The van der Waals surface area contributed by atoms with E-state index in [9.17, 15) is 29.1 Å². The maximum Gasteiger partial charge on any atom is 0.337 e. The number of rotatable bonds is 9. The molecule has 0 saturated carbocycles. The van der Waals surface area contributed by atoms with Crippen molar-refractivity contribution < 1.29 is 68.3 Å². The molecule has 0 radical (unpaired) electrons. The highest BCUT2D eigenvalue weighted by Crippen LogP contribution is 2.44. The highest BCUT2D eigenvalue weighted by atomic mass is 16.8. The third kappa shape index (κ3) is 7.13. The third-order valence-corrected chi connectivity index (χ3v) is 6.23. The first-order chi connectivity index (χ1) is 18.8. The Hall–Kier alpha value is -3.49. The normalized spacial score (nSPS) is 32.6. The molecule has 0 spiro atoms. The quantitative estimate of drug-likeness (QED) is 0.228. The van der Waals surface area contributed by atoms with Gasteiger partial charge in [-0.2, -0.15) is 0 Å². The molecule has 1 saturated heterocycles. The summed E-state index contributed by atoms with van der Waals surface area (Å²) < 4.78 is 51.6. The fourth-order valence-corrected chi connectivity index (χ4v) is 4.76. The zero-order valence-electron chi connectivity index (χ0n) is 23.0. The van der Waals surface area contributed by atoms with Gasteiger partial charge in [0.1, 0.15) is 12.7 Å². The molecule has 2 heterocycles. The lowest BCUT2D eigenvalue weighted by Crippen LogP contribution is -2.63. The van der Waals surface area contributed by atoms with Crippen LogP contribution in [-0.2, 0) is 61.9 Å². The van der Waals surface area contributed by atoms with Crippen LogP contribution in [0, 0.1) is 11.8 Å². The predicted molar refractivity (Wildman–Crippen MR) is 125 cm³/mol. The highest BCUT2D eigenvalue weighted by molar-refractivity contribution is 5.89. The predicted octanol–water partition coefficient (Wildman–Crippen LogP) is 0.0541. The fraction of sp³-hybridized carbons (Fsp3) is 0.640. The van der Waals surface area contributed by atoms with Crippen molar-refractivity contribution >= 4 is 29.8 Å². The van der Waals surface area contributed by atoms with Crippen LogP contribution in [0.4, 0.5) is 0 Å². The molecule has 0 amide bonds. The molecule has 0 bridgehead atoms. The average molecular weight is 558 g/mol. The lowest BCUT2D eigenvalue weighted by atomic mass is 9.83. The second-order valence-electron chi connectivity index (χ2n) is 8.97. The highest BCUT2D eigenvalue weighted by Gasteiger charge is 2.55. The van der Waals surface area contributed by atoms with Gasteiger partial charge in [-0.05, 0) is 12.0 Å². The molecular weight excluding hydrogens is 524 g/mol. The van der Waals surface area contributed by atoms with E-state index in [2.05, 4.69) is 0 Å². The van der Waals surface area contributed by atoms with E-state index >= 15 is 0 Å². The molecule has 0 aromatic heterocycles. The molecule has 14 heteroatoms. The smallest absolute Gasteiger partial charge is 0.337 e. The van der Waals surface area contributed by atoms with Crippen molar-refractivity contribution in [2.75, 3.05) is 20.3 Å². The number of hydrogen-bond donors (Lipinski definition) is 1. The Morgan fingerprint density at radius 3 is 2.13 bits per heavy atom. The van der Waals surface area contributed by atoms with E-state index < -0.39 is 91.9 Å². The van der Waals surface area contributed by atoms with Gasteiger partial charge < -0.3 is 43.0 Å². The Morgan fingerprint density at radius 2 is 1.56 bits per heavy atom. The number of carbonyl (C=O) groups excluding carboxylic acids is 5. The monoisotopic (exact) mass is 557 g/mol. The summed E-state index contributed by atoms with van der Waals surface area (Å²) in [5, 5.41) is 10.1. The number of fused-ring (bicyclic) bond motifs is 1. The van der Waals surface area contributed by atoms with Crippen LogP contribution in [0.3, 0.4) is 0 Å². The van der Waals surface area contributed by atoms with Crippen LogP contribution in [0.1, 0.15) is 35.5 Å². The first-order valence-electron chi connectivity index (χ1n) is 12.6. The number of carbonyl (C=O) groups is 5. The molecule has 1 N–H and O–H groups in total. The summed E-state index contributed by atoms with van der Waals surface area (Å²) in [6, 6.07) is 0. The van der Waals surface area contributed by atoms with Crippen LogP contribution in [0.5, 0.6) is 0 Å². The molecule has 1 aliphatic carbocycles. The Bertz CT molecular complexity index is 1070. The lowest BCUT2D eigenvalue weighted by molar-refractivity contribution is -0.342. The Balaban J connectivity index is 2.02. The molecule has 0 aromatic carbocycles. The summed E-state index contributed by atoms with van der Waals surface area (Å²) in [4.78, 5) is 59.9. The van der Waals surface area contributed by atoms with Crippen LogP contribution >= 0.6 is 0 Å². The fourth-order valence-electron chi connectivity index (χ4n) is 4.76. The van der Waals surface area contributed by atoms with Gasteiger partial charge in [0.05, 0.1) is 32.8 Å². The van der Waals surface area contributed by atoms with Crippen LogP contribution < -0.4 is 0 Å². The first-order valence-corrected chi connectivity index (χ1v) is 12.0. The molecule has 1 unspecified atom stereocenters. The van der Waals surface area contributed by atoms with E-state index in [0.717, 1.165) is 34.0 Å². The van der Waals surface area contributed by atoms with E-state index in [1.165, 1.54) is 7.11 Å². The van der Waals surface area contributed by atoms with E-state index in [4.69, 9.17) is 39.3 Å². The topological polar surface area (TPSA) is 179 Å². The van der Waals surface area contributed by atoms with E-state index in [1.807, 2.05) is 0 Å². The summed E-state index contributed by atoms with van der Waals surface area (Å²) in [5.41, 5.74) is 0.357. The molecule has 2 aliphatic heterocycles. The standard InChI is InChI=1S/C25H32O14/c1-11(27)33-10-18-20(35-12(2)28)21(36-13(3)29)22(37-14(4)30)25(38-18)39-24-19-15(8-26)6-7-16(19)17(9-34-24)23(31)32-5/h6,9,16,18-22,24-26H,7-8,10H2,1-5H3/t16-,18-,19-,20-,21+,22-,24+,25+/m1/s1/i8D/t8?,16-,18-,19-,20-,21+,22-,24+,25+. The van der Waals surface area contributed by atoms with Gasteiger partial charge in [-0.3, -0.25) is 19.2 Å². The zero-order valence-corrected chi connectivity index (χ0v) is 22.0. The van der Waals surface area contributed by atoms with Crippen LogP contribution in [0.2, 0.25) is 0 Å². The number of allylic oxidation sites excluding steroid dienone is 1. The van der Waals surface area contributed by atoms with Crippen molar-refractivity contribution in [3.8, 4) is 0 Å². The summed E-state index contributed by atoms with van der Waals surface area (Å²) >= 11 is 0. The van der Waals surface area contributed by atoms with Gasteiger partial charge >= 0.3 is 29.8 Å². The van der Waals surface area contributed by atoms with Gasteiger partial charge in [0.15, 0.2) is 18.3 Å². The Kier molecular flexibility index (Phi) is 9.54. The first kappa shape index (κ1) is 28.5. The van der Waals surface area contributed by atoms with Crippen molar-refractivity contribution in [2.24, 2.45) is 11.8 Å². The summed E-state index contributed by atoms with van der Waals surface area (Å²) in [5.74, 6) is -5.23. The molecule has 3 rings (SSSR count). The molecule has 39 heavy (non-hydrogen) atoms. The van der Waals surface area contributed by atoms with Crippen molar-refractivity contribution in [3.63, 3.8) is 0 Å². The number of esters is 5. The molecule has 216 valence electrons. The number of aliphatic hydroxyl groups is 1.